The van der Waals surface area contributed by atoms with E-state index in [4.69, 9.17) is 17.0 Å². The lowest BCUT2D eigenvalue weighted by Crippen LogP contribution is -2.36. The standard InChI is InChI=1S/C19H23F2N7O3S/c1-11(29)22-9-14-10-27(19(30)31-14)13-7-15(20)17(16(21)8-13)26-5-3-12(4-6-26)28-18(32)25(2)23-24-28/h7-8,12,14H,3-6,9-10H2,1-2H3,(H,22,29)/t14-/m0/s1. The van der Waals surface area contributed by atoms with Crippen molar-refractivity contribution in [1.82, 2.24) is 25.1 Å². The summed E-state index contributed by atoms with van der Waals surface area (Å²) in [4.78, 5) is 26.0. The second kappa shape index (κ2) is 8.81. The first-order valence-electron chi connectivity index (χ1n) is 10.2. The Morgan fingerprint density at radius 1 is 1.25 bits per heavy atom. The molecule has 2 aliphatic rings. The maximum absolute atomic E-state index is 14.9. The molecule has 2 fully saturated rings. The summed E-state index contributed by atoms with van der Waals surface area (Å²) in [6.45, 7) is 2.40. The second-order valence-electron chi connectivity index (χ2n) is 7.86. The van der Waals surface area contributed by atoms with Crippen LogP contribution >= 0.6 is 12.2 Å². The molecule has 13 heteroatoms. The van der Waals surface area contributed by atoms with Crippen LogP contribution in [0.1, 0.15) is 25.8 Å². The molecule has 1 aromatic carbocycles. The number of carbonyl (C=O) groups is 2. The van der Waals surface area contributed by atoms with Gasteiger partial charge in [0.25, 0.3) is 0 Å². The lowest BCUT2D eigenvalue weighted by Gasteiger charge is -2.33. The first-order valence-corrected chi connectivity index (χ1v) is 10.6. The number of nitrogens with one attached hydrogen (secondary N) is 1. The average Bonchev–Trinajstić information content (AvgIpc) is 3.28. The van der Waals surface area contributed by atoms with Gasteiger partial charge in [-0.3, -0.25) is 9.69 Å². The van der Waals surface area contributed by atoms with E-state index in [1.165, 1.54) is 11.6 Å². The van der Waals surface area contributed by atoms with Crippen molar-refractivity contribution in [2.45, 2.75) is 31.9 Å². The molecule has 0 saturated carbocycles. The summed E-state index contributed by atoms with van der Waals surface area (Å²) in [5, 5.41) is 10.5. The van der Waals surface area contributed by atoms with Crippen molar-refractivity contribution in [3.63, 3.8) is 0 Å². The molecule has 4 rings (SSSR count). The van der Waals surface area contributed by atoms with Gasteiger partial charge >= 0.3 is 6.09 Å². The molecule has 1 aromatic heterocycles. The molecular weight excluding hydrogens is 444 g/mol. The molecule has 2 amide bonds. The number of aromatic nitrogens is 4. The highest BCUT2D eigenvalue weighted by atomic mass is 32.1. The number of hydrogen-bond donors (Lipinski definition) is 1. The molecule has 3 heterocycles. The molecule has 1 atom stereocenters. The van der Waals surface area contributed by atoms with Crippen LogP contribution in [0, 0.1) is 16.4 Å². The van der Waals surface area contributed by atoms with Crippen LogP contribution in [0.4, 0.5) is 25.0 Å². The first-order chi connectivity index (χ1) is 15.2. The van der Waals surface area contributed by atoms with Crippen molar-refractivity contribution in [3.8, 4) is 0 Å². The Morgan fingerprint density at radius 2 is 1.91 bits per heavy atom. The summed E-state index contributed by atoms with van der Waals surface area (Å²) in [5.41, 5.74) is -0.0582. The molecule has 2 aliphatic heterocycles. The number of rotatable bonds is 5. The first kappa shape index (κ1) is 22.1. The van der Waals surface area contributed by atoms with Gasteiger partial charge in [-0.1, -0.05) is 0 Å². The Morgan fingerprint density at radius 3 is 2.47 bits per heavy atom. The summed E-state index contributed by atoms with van der Waals surface area (Å²) in [6, 6.07) is 2.27. The van der Waals surface area contributed by atoms with Crippen LogP contribution in [-0.4, -0.2) is 64.1 Å². The van der Waals surface area contributed by atoms with Gasteiger partial charge in [0, 0.05) is 39.2 Å². The van der Waals surface area contributed by atoms with Gasteiger partial charge in [-0.25, -0.2) is 22.9 Å². The molecule has 0 aliphatic carbocycles. The van der Waals surface area contributed by atoms with Gasteiger partial charge in [0.1, 0.15) is 11.8 Å². The van der Waals surface area contributed by atoms with Gasteiger partial charge in [0.15, 0.2) is 11.6 Å². The summed E-state index contributed by atoms with van der Waals surface area (Å²) >= 11 is 5.29. The number of ether oxygens (including phenoxy) is 1. The topological polar surface area (TPSA) is 97.5 Å². The third-order valence-corrected chi connectivity index (χ3v) is 6.09. The zero-order valence-corrected chi connectivity index (χ0v) is 18.4. The summed E-state index contributed by atoms with van der Waals surface area (Å²) in [7, 11) is 1.71. The van der Waals surface area contributed by atoms with E-state index in [1.807, 2.05) is 0 Å². The molecule has 0 bridgehead atoms. The molecule has 32 heavy (non-hydrogen) atoms. The Balaban J connectivity index is 1.46. The van der Waals surface area contributed by atoms with Crippen LogP contribution in [0.15, 0.2) is 12.1 Å². The number of carbonyl (C=O) groups excluding carboxylic acids is 2. The van der Waals surface area contributed by atoms with E-state index < -0.39 is 23.8 Å². The number of nitrogens with zero attached hydrogens (tertiary/aromatic N) is 6. The molecule has 10 nitrogen and oxygen atoms in total. The number of hydrogen-bond acceptors (Lipinski definition) is 7. The number of halogens is 2. The lowest BCUT2D eigenvalue weighted by atomic mass is 10.0. The van der Waals surface area contributed by atoms with Gasteiger partial charge in [0.05, 0.1) is 24.8 Å². The number of amides is 2. The quantitative estimate of drug-likeness (QED) is 0.671. The van der Waals surface area contributed by atoms with E-state index >= 15 is 0 Å². The van der Waals surface area contributed by atoms with E-state index in [-0.39, 0.29) is 36.4 Å². The minimum Gasteiger partial charge on any atom is -0.442 e. The van der Waals surface area contributed by atoms with Gasteiger partial charge in [-0.15, -0.1) is 0 Å². The molecule has 2 saturated heterocycles. The highest BCUT2D eigenvalue weighted by molar-refractivity contribution is 7.71. The highest BCUT2D eigenvalue weighted by Crippen LogP contribution is 2.34. The maximum atomic E-state index is 14.9. The molecule has 2 aromatic rings. The number of piperidine rings is 1. The molecule has 0 unspecified atom stereocenters. The molecule has 1 N–H and O–H groups in total. The van der Waals surface area contributed by atoms with E-state index in [1.54, 1.807) is 16.6 Å². The lowest BCUT2D eigenvalue weighted by molar-refractivity contribution is -0.119. The SMILES string of the molecule is CC(=O)NC[C@H]1CN(c2cc(F)c(N3CCC(n4nnn(C)c4=S)CC3)c(F)c2)C(=O)O1. The monoisotopic (exact) mass is 467 g/mol. The van der Waals surface area contributed by atoms with Crippen LogP contribution in [0.3, 0.4) is 0 Å². The zero-order chi connectivity index (χ0) is 23.0. The third-order valence-electron chi connectivity index (χ3n) is 5.64. The number of anilines is 2. The summed E-state index contributed by atoms with van der Waals surface area (Å²) < 4.78 is 38.7. The smallest absolute Gasteiger partial charge is 0.414 e. The van der Waals surface area contributed by atoms with Gasteiger partial charge in [0.2, 0.25) is 10.7 Å². The summed E-state index contributed by atoms with van der Waals surface area (Å²) in [6.07, 6.45) is -0.0918. The fourth-order valence-corrected chi connectivity index (χ4v) is 4.22. The number of benzene rings is 1. The number of cyclic esters (lactones) is 1. The molecule has 172 valence electrons. The third kappa shape index (κ3) is 4.29. The van der Waals surface area contributed by atoms with Crippen molar-refractivity contribution in [2.75, 3.05) is 36.0 Å². The molecule has 0 spiro atoms. The highest BCUT2D eigenvalue weighted by Gasteiger charge is 2.34. The fourth-order valence-electron chi connectivity index (χ4n) is 4.00. The van der Waals surface area contributed by atoms with Gasteiger partial charge < -0.3 is 15.0 Å². The van der Waals surface area contributed by atoms with Crippen molar-refractivity contribution < 1.29 is 23.1 Å². The number of aryl methyl sites for hydroxylation is 1. The molecule has 0 radical (unpaired) electrons. The largest absolute Gasteiger partial charge is 0.442 e. The van der Waals surface area contributed by atoms with E-state index in [2.05, 4.69) is 15.7 Å². The van der Waals surface area contributed by atoms with Crippen molar-refractivity contribution >= 4 is 35.6 Å². The second-order valence-corrected chi connectivity index (χ2v) is 8.22. The zero-order valence-electron chi connectivity index (χ0n) is 17.6. The maximum Gasteiger partial charge on any atom is 0.414 e. The Labute approximate surface area is 187 Å². The van der Waals surface area contributed by atoms with Crippen molar-refractivity contribution in [3.05, 3.63) is 28.5 Å². The van der Waals surface area contributed by atoms with Crippen LogP contribution in [0.5, 0.6) is 0 Å². The van der Waals surface area contributed by atoms with E-state index in [0.717, 1.165) is 17.0 Å². The van der Waals surface area contributed by atoms with Crippen LogP contribution in [0.2, 0.25) is 0 Å². The summed E-state index contributed by atoms with van der Waals surface area (Å²) in [5.74, 6) is -1.77. The van der Waals surface area contributed by atoms with Crippen LogP contribution in [-0.2, 0) is 16.6 Å². The predicted octanol–water partition coefficient (Wildman–Crippen LogP) is 1.93. The van der Waals surface area contributed by atoms with E-state index in [9.17, 15) is 18.4 Å². The Bertz CT molecular complexity index is 1070. The fraction of sp³-hybridized carbons (Fsp3) is 0.526. The Hall–Kier alpha value is -3.09. The minimum atomic E-state index is -0.757. The minimum absolute atomic E-state index is 0.0118. The van der Waals surface area contributed by atoms with Crippen LogP contribution < -0.4 is 15.1 Å². The van der Waals surface area contributed by atoms with E-state index in [0.29, 0.717) is 30.7 Å². The van der Waals surface area contributed by atoms with Gasteiger partial charge in [-0.05, 0) is 35.5 Å². The molecular formula is C19H23F2N7O3S. The van der Waals surface area contributed by atoms with Crippen molar-refractivity contribution in [1.29, 1.82) is 0 Å². The normalized spacial score (nSPS) is 19.4. The Kier molecular flexibility index (Phi) is 6.09. The predicted molar refractivity (Wildman–Crippen MR) is 113 cm³/mol. The number of tetrazole rings is 1. The van der Waals surface area contributed by atoms with Crippen LogP contribution in [0.25, 0.3) is 0 Å². The van der Waals surface area contributed by atoms with Crippen molar-refractivity contribution in [2.24, 2.45) is 7.05 Å². The van der Waals surface area contributed by atoms with Gasteiger partial charge in [-0.2, -0.15) is 0 Å². The average molecular weight is 468 g/mol.